The van der Waals surface area contributed by atoms with Crippen molar-refractivity contribution in [2.75, 3.05) is 26.2 Å². The third-order valence-electron chi connectivity index (χ3n) is 4.59. The van der Waals surface area contributed by atoms with Crippen LogP contribution in [0.5, 0.6) is 0 Å². The molecule has 2 N–H and O–H groups in total. The van der Waals surface area contributed by atoms with Crippen LogP contribution in [0.2, 0.25) is 5.02 Å². The summed E-state index contributed by atoms with van der Waals surface area (Å²) in [5, 5.41) is 0.601. The molecule has 1 unspecified atom stereocenters. The number of nitrogens with zero attached hydrogens (tertiary/aromatic N) is 2. The molecule has 27 heavy (non-hydrogen) atoms. The predicted molar refractivity (Wildman–Crippen MR) is 109 cm³/mol. The Labute approximate surface area is 170 Å². The van der Waals surface area contributed by atoms with E-state index in [4.69, 9.17) is 17.3 Å². The van der Waals surface area contributed by atoms with Gasteiger partial charge in [-0.1, -0.05) is 41.9 Å². The standard InChI is InChI=1S/C20H22ClN3O2.ClH/c21-17-8-6-16(7-9-17)19(25)23-10-12-24(13-11-23)20(26)18(22)14-15-4-2-1-3-5-15;/h1-9,18H,10-14,22H2;1H. The molecule has 0 radical (unpaired) electrons. The summed E-state index contributed by atoms with van der Waals surface area (Å²) in [7, 11) is 0. The fourth-order valence-corrected chi connectivity index (χ4v) is 3.22. The van der Waals surface area contributed by atoms with Crippen LogP contribution < -0.4 is 5.73 Å². The van der Waals surface area contributed by atoms with Crippen molar-refractivity contribution in [3.05, 3.63) is 70.7 Å². The van der Waals surface area contributed by atoms with E-state index in [1.54, 1.807) is 34.1 Å². The summed E-state index contributed by atoms with van der Waals surface area (Å²) in [6.07, 6.45) is 0.517. The van der Waals surface area contributed by atoms with Gasteiger partial charge in [0, 0.05) is 36.8 Å². The average Bonchev–Trinajstić information content (AvgIpc) is 2.68. The van der Waals surface area contributed by atoms with Crippen molar-refractivity contribution in [1.82, 2.24) is 9.80 Å². The van der Waals surface area contributed by atoms with Gasteiger partial charge >= 0.3 is 0 Å². The minimum Gasteiger partial charge on any atom is -0.338 e. The van der Waals surface area contributed by atoms with Crippen LogP contribution in [0, 0.1) is 0 Å². The van der Waals surface area contributed by atoms with Gasteiger partial charge in [-0.05, 0) is 36.2 Å². The molecule has 0 bridgehead atoms. The Morgan fingerprint density at radius 2 is 1.48 bits per heavy atom. The number of halogens is 2. The first-order valence-corrected chi connectivity index (χ1v) is 9.05. The second kappa shape index (κ2) is 9.74. The van der Waals surface area contributed by atoms with E-state index in [2.05, 4.69) is 0 Å². The maximum atomic E-state index is 12.6. The summed E-state index contributed by atoms with van der Waals surface area (Å²) in [6, 6.07) is 16.0. The first-order chi connectivity index (χ1) is 12.5. The van der Waals surface area contributed by atoms with Gasteiger partial charge in [-0.25, -0.2) is 0 Å². The van der Waals surface area contributed by atoms with Crippen molar-refractivity contribution in [1.29, 1.82) is 0 Å². The first kappa shape index (κ1) is 21.2. The fraction of sp³-hybridized carbons (Fsp3) is 0.300. The average molecular weight is 408 g/mol. The summed E-state index contributed by atoms with van der Waals surface area (Å²) in [5.41, 5.74) is 7.75. The molecule has 1 aliphatic rings. The molecule has 1 aliphatic heterocycles. The summed E-state index contributed by atoms with van der Waals surface area (Å²) in [6.45, 7) is 2.01. The normalized spacial score (nSPS) is 15.0. The number of hydrogen-bond acceptors (Lipinski definition) is 3. The first-order valence-electron chi connectivity index (χ1n) is 8.68. The van der Waals surface area contributed by atoms with Crippen molar-refractivity contribution in [2.24, 2.45) is 5.73 Å². The molecule has 2 aromatic carbocycles. The number of rotatable bonds is 4. The van der Waals surface area contributed by atoms with Gasteiger partial charge in [0.2, 0.25) is 5.91 Å². The van der Waals surface area contributed by atoms with Crippen molar-refractivity contribution < 1.29 is 9.59 Å². The molecule has 7 heteroatoms. The summed E-state index contributed by atoms with van der Waals surface area (Å²) < 4.78 is 0. The molecule has 5 nitrogen and oxygen atoms in total. The van der Waals surface area contributed by atoms with Crippen molar-refractivity contribution >= 4 is 35.8 Å². The molecular formula is C20H23Cl2N3O2. The molecule has 1 atom stereocenters. The van der Waals surface area contributed by atoms with Crippen LogP contribution in [0.4, 0.5) is 0 Å². The lowest BCUT2D eigenvalue weighted by Crippen LogP contribution is -2.54. The fourth-order valence-electron chi connectivity index (χ4n) is 3.09. The smallest absolute Gasteiger partial charge is 0.253 e. The second-order valence-electron chi connectivity index (χ2n) is 6.42. The van der Waals surface area contributed by atoms with E-state index in [1.165, 1.54) is 0 Å². The molecule has 1 fully saturated rings. The van der Waals surface area contributed by atoms with Gasteiger partial charge in [-0.15, -0.1) is 12.4 Å². The Morgan fingerprint density at radius 3 is 2.07 bits per heavy atom. The molecule has 0 aliphatic carbocycles. The molecule has 2 amide bonds. The van der Waals surface area contributed by atoms with Crippen LogP contribution in [0.15, 0.2) is 54.6 Å². The second-order valence-corrected chi connectivity index (χ2v) is 6.86. The van der Waals surface area contributed by atoms with Crippen LogP contribution >= 0.6 is 24.0 Å². The van der Waals surface area contributed by atoms with E-state index < -0.39 is 6.04 Å². The maximum absolute atomic E-state index is 12.6. The Kier molecular flexibility index (Phi) is 7.66. The number of nitrogens with two attached hydrogens (primary N) is 1. The summed E-state index contributed by atoms with van der Waals surface area (Å²) in [5.74, 6) is -0.102. The molecule has 1 saturated heterocycles. The third-order valence-corrected chi connectivity index (χ3v) is 4.84. The van der Waals surface area contributed by atoms with Crippen molar-refractivity contribution in [3.8, 4) is 0 Å². The largest absolute Gasteiger partial charge is 0.338 e. The quantitative estimate of drug-likeness (QED) is 0.846. The lowest BCUT2D eigenvalue weighted by atomic mass is 10.1. The summed E-state index contributed by atoms with van der Waals surface area (Å²) in [4.78, 5) is 28.6. The molecule has 3 rings (SSSR count). The number of hydrogen-bond donors (Lipinski definition) is 1. The van der Waals surface area contributed by atoms with E-state index in [0.29, 0.717) is 43.2 Å². The van der Waals surface area contributed by atoms with Gasteiger partial charge in [-0.3, -0.25) is 9.59 Å². The Balaban J connectivity index is 0.00000261. The number of carbonyl (C=O) groups is 2. The molecule has 0 aromatic heterocycles. The zero-order valence-electron chi connectivity index (χ0n) is 14.9. The molecular weight excluding hydrogens is 385 g/mol. The molecule has 1 heterocycles. The van der Waals surface area contributed by atoms with Gasteiger partial charge < -0.3 is 15.5 Å². The number of amides is 2. The zero-order valence-corrected chi connectivity index (χ0v) is 16.5. The van der Waals surface area contributed by atoms with Gasteiger partial charge in [0.05, 0.1) is 6.04 Å². The van der Waals surface area contributed by atoms with Crippen molar-refractivity contribution in [2.45, 2.75) is 12.5 Å². The highest BCUT2D eigenvalue weighted by Crippen LogP contribution is 2.14. The van der Waals surface area contributed by atoms with Gasteiger partial charge in [0.25, 0.3) is 5.91 Å². The summed E-state index contributed by atoms with van der Waals surface area (Å²) >= 11 is 5.86. The predicted octanol–water partition coefficient (Wildman–Crippen LogP) is 2.62. The van der Waals surface area contributed by atoms with E-state index in [-0.39, 0.29) is 24.2 Å². The van der Waals surface area contributed by atoms with Crippen molar-refractivity contribution in [3.63, 3.8) is 0 Å². The molecule has 0 saturated carbocycles. The van der Waals surface area contributed by atoms with Crippen LogP contribution in [-0.2, 0) is 11.2 Å². The number of piperazine rings is 1. The Bertz CT molecular complexity index is 761. The highest BCUT2D eigenvalue weighted by atomic mass is 35.5. The van der Waals surface area contributed by atoms with Crippen LogP contribution in [0.1, 0.15) is 15.9 Å². The van der Waals surface area contributed by atoms with Gasteiger partial charge in [-0.2, -0.15) is 0 Å². The van der Waals surface area contributed by atoms with Crippen LogP contribution in [0.3, 0.4) is 0 Å². The van der Waals surface area contributed by atoms with E-state index in [0.717, 1.165) is 5.56 Å². The number of carbonyl (C=O) groups excluding carboxylic acids is 2. The molecule has 0 spiro atoms. The molecule has 144 valence electrons. The minimum atomic E-state index is -0.559. The lowest BCUT2D eigenvalue weighted by molar-refractivity contribution is -0.134. The Morgan fingerprint density at radius 1 is 0.926 bits per heavy atom. The number of benzene rings is 2. The zero-order chi connectivity index (χ0) is 18.5. The van der Waals surface area contributed by atoms with Gasteiger partial charge in [0.1, 0.15) is 0 Å². The van der Waals surface area contributed by atoms with Crippen LogP contribution in [0.25, 0.3) is 0 Å². The van der Waals surface area contributed by atoms with Gasteiger partial charge in [0.15, 0.2) is 0 Å². The van der Waals surface area contributed by atoms with Crippen LogP contribution in [-0.4, -0.2) is 53.8 Å². The Hall–Kier alpha value is -2.08. The van der Waals surface area contributed by atoms with E-state index >= 15 is 0 Å². The monoisotopic (exact) mass is 407 g/mol. The topological polar surface area (TPSA) is 66.6 Å². The SMILES string of the molecule is Cl.NC(Cc1ccccc1)C(=O)N1CCN(C(=O)c2ccc(Cl)cc2)CC1. The highest BCUT2D eigenvalue weighted by molar-refractivity contribution is 6.30. The third kappa shape index (κ3) is 5.45. The maximum Gasteiger partial charge on any atom is 0.253 e. The van der Waals surface area contributed by atoms with E-state index in [9.17, 15) is 9.59 Å². The molecule has 2 aromatic rings. The van der Waals surface area contributed by atoms with E-state index in [1.807, 2.05) is 30.3 Å². The lowest BCUT2D eigenvalue weighted by Gasteiger charge is -2.36. The minimum absolute atomic E-state index is 0. The highest BCUT2D eigenvalue weighted by Gasteiger charge is 2.27.